The number of aromatic nitrogens is 4. The number of morpholine rings is 1. The van der Waals surface area contributed by atoms with Crippen molar-refractivity contribution in [2.24, 2.45) is 7.05 Å². The second kappa shape index (κ2) is 7.59. The van der Waals surface area contributed by atoms with Gasteiger partial charge in [-0.2, -0.15) is 4.98 Å². The molecule has 1 atom stereocenters. The summed E-state index contributed by atoms with van der Waals surface area (Å²) < 4.78 is 12.7. The molecule has 148 valence electrons. The van der Waals surface area contributed by atoms with E-state index in [0.29, 0.717) is 36.9 Å². The summed E-state index contributed by atoms with van der Waals surface area (Å²) in [7, 11) is 1.99. The lowest BCUT2D eigenvalue weighted by atomic mass is 10.1. The van der Waals surface area contributed by atoms with Gasteiger partial charge in [0.05, 0.1) is 24.2 Å². The van der Waals surface area contributed by atoms with E-state index in [0.717, 1.165) is 30.1 Å². The lowest BCUT2D eigenvalue weighted by Gasteiger charge is -2.27. The predicted octanol–water partition coefficient (Wildman–Crippen LogP) is 1.98. The van der Waals surface area contributed by atoms with Crippen molar-refractivity contribution >= 4 is 22.9 Å². The van der Waals surface area contributed by atoms with Crippen LogP contribution in [0.5, 0.6) is 0 Å². The Labute approximate surface area is 162 Å². The summed E-state index contributed by atoms with van der Waals surface area (Å²) in [6.45, 7) is 6.73. The summed E-state index contributed by atoms with van der Waals surface area (Å²) in [4.78, 5) is 23.9. The van der Waals surface area contributed by atoms with Gasteiger partial charge in [-0.15, -0.1) is 0 Å². The van der Waals surface area contributed by atoms with E-state index in [1.165, 1.54) is 0 Å². The van der Waals surface area contributed by atoms with Gasteiger partial charge in [0.15, 0.2) is 5.82 Å². The molecule has 1 saturated heterocycles. The second-order valence-electron chi connectivity index (χ2n) is 6.89. The Morgan fingerprint density at radius 3 is 2.75 bits per heavy atom. The quantitative estimate of drug-likeness (QED) is 0.718. The Balaban J connectivity index is 1.57. The van der Waals surface area contributed by atoms with Gasteiger partial charge in [0.25, 0.3) is 5.91 Å². The van der Waals surface area contributed by atoms with E-state index in [-0.39, 0.29) is 11.9 Å². The van der Waals surface area contributed by atoms with E-state index in [4.69, 9.17) is 14.2 Å². The van der Waals surface area contributed by atoms with E-state index in [1.807, 2.05) is 32.2 Å². The number of hydrogen-bond donors (Lipinski definition) is 1. The van der Waals surface area contributed by atoms with Crippen molar-refractivity contribution in [3.05, 3.63) is 35.5 Å². The van der Waals surface area contributed by atoms with Crippen LogP contribution in [0.3, 0.4) is 0 Å². The molecular formula is C19H24N6O3. The first kappa shape index (κ1) is 18.4. The third-order valence-corrected chi connectivity index (χ3v) is 4.97. The number of imidazole rings is 1. The highest BCUT2D eigenvalue weighted by Crippen LogP contribution is 2.23. The van der Waals surface area contributed by atoms with E-state index >= 15 is 0 Å². The third kappa shape index (κ3) is 3.45. The largest absolute Gasteiger partial charge is 0.378 e. The van der Waals surface area contributed by atoms with Crippen molar-refractivity contribution in [3.8, 4) is 0 Å². The summed E-state index contributed by atoms with van der Waals surface area (Å²) in [5.74, 6) is 1.67. The standard InChI is InChI=1S/C19H24N6O3/c1-4-14(18-20-12(2)23-28-18)21-17(26)13-5-6-16-15(11-13)22-19(24(16)3)25-7-9-27-10-8-25/h5-6,11,14H,4,7-10H2,1-3H3,(H,21,26)/t14-/m0/s1. The second-order valence-corrected chi connectivity index (χ2v) is 6.89. The van der Waals surface area contributed by atoms with Crippen LogP contribution in [0.1, 0.15) is 41.5 Å². The molecule has 0 spiro atoms. The molecule has 9 heteroatoms. The number of ether oxygens (including phenoxy) is 1. The smallest absolute Gasteiger partial charge is 0.252 e. The molecule has 0 aliphatic carbocycles. The highest BCUT2D eigenvalue weighted by molar-refractivity contribution is 5.97. The molecule has 3 aromatic rings. The number of amides is 1. The van der Waals surface area contributed by atoms with Gasteiger partial charge in [0.1, 0.15) is 6.04 Å². The maximum absolute atomic E-state index is 12.8. The van der Waals surface area contributed by atoms with Crippen LogP contribution in [0, 0.1) is 6.92 Å². The van der Waals surface area contributed by atoms with Crippen LogP contribution in [0.2, 0.25) is 0 Å². The predicted molar refractivity (Wildman–Crippen MR) is 103 cm³/mol. The van der Waals surface area contributed by atoms with Crippen molar-refractivity contribution in [2.45, 2.75) is 26.3 Å². The molecular weight excluding hydrogens is 360 g/mol. The van der Waals surface area contributed by atoms with Crippen molar-refractivity contribution < 1.29 is 14.1 Å². The molecule has 1 amide bonds. The molecule has 1 aliphatic rings. The minimum Gasteiger partial charge on any atom is -0.378 e. The zero-order chi connectivity index (χ0) is 19.7. The SMILES string of the molecule is CC[C@H](NC(=O)c1ccc2c(c1)nc(N1CCOCC1)n2C)c1nc(C)no1. The van der Waals surface area contributed by atoms with E-state index in [2.05, 4.69) is 24.9 Å². The summed E-state index contributed by atoms with van der Waals surface area (Å²) in [5, 5.41) is 6.76. The Bertz CT molecular complexity index is 989. The fraction of sp³-hybridized carbons (Fsp3) is 0.474. The van der Waals surface area contributed by atoms with Gasteiger partial charge in [-0.25, -0.2) is 4.98 Å². The molecule has 0 unspecified atom stereocenters. The fourth-order valence-electron chi connectivity index (χ4n) is 3.41. The molecule has 4 rings (SSSR count). The van der Waals surface area contributed by atoms with E-state index in [1.54, 1.807) is 6.92 Å². The van der Waals surface area contributed by atoms with Crippen LogP contribution in [-0.2, 0) is 11.8 Å². The van der Waals surface area contributed by atoms with E-state index < -0.39 is 0 Å². The number of carbonyl (C=O) groups is 1. The van der Waals surface area contributed by atoms with Crippen molar-refractivity contribution in [1.29, 1.82) is 0 Å². The average molecular weight is 384 g/mol. The van der Waals surface area contributed by atoms with E-state index in [9.17, 15) is 4.79 Å². The van der Waals surface area contributed by atoms with Gasteiger partial charge in [-0.3, -0.25) is 4.79 Å². The zero-order valence-corrected chi connectivity index (χ0v) is 16.3. The fourth-order valence-corrected chi connectivity index (χ4v) is 3.41. The Hall–Kier alpha value is -2.94. The normalized spacial score (nSPS) is 15.8. The summed E-state index contributed by atoms with van der Waals surface area (Å²) in [6.07, 6.45) is 0.653. The number of rotatable bonds is 5. The summed E-state index contributed by atoms with van der Waals surface area (Å²) in [5.41, 5.74) is 2.32. The maximum Gasteiger partial charge on any atom is 0.252 e. The zero-order valence-electron chi connectivity index (χ0n) is 16.3. The minimum absolute atomic E-state index is 0.192. The van der Waals surface area contributed by atoms with Crippen LogP contribution >= 0.6 is 0 Å². The number of fused-ring (bicyclic) bond motifs is 1. The maximum atomic E-state index is 12.8. The van der Waals surface area contributed by atoms with Gasteiger partial charge in [0, 0.05) is 25.7 Å². The Kier molecular flexibility index (Phi) is 4.99. The van der Waals surface area contributed by atoms with Gasteiger partial charge < -0.3 is 24.0 Å². The first-order chi connectivity index (χ1) is 13.6. The first-order valence-corrected chi connectivity index (χ1v) is 9.47. The minimum atomic E-state index is -0.322. The molecule has 1 N–H and O–H groups in total. The lowest BCUT2D eigenvalue weighted by Crippen LogP contribution is -2.37. The molecule has 3 heterocycles. The Morgan fingerprint density at radius 2 is 2.07 bits per heavy atom. The Morgan fingerprint density at radius 1 is 1.29 bits per heavy atom. The molecule has 9 nitrogen and oxygen atoms in total. The van der Waals surface area contributed by atoms with Crippen LogP contribution in [0.25, 0.3) is 11.0 Å². The van der Waals surface area contributed by atoms with Crippen LogP contribution in [0.4, 0.5) is 5.95 Å². The first-order valence-electron chi connectivity index (χ1n) is 9.47. The number of nitrogens with zero attached hydrogens (tertiary/aromatic N) is 5. The highest BCUT2D eigenvalue weighted by Gasteiger charge is 2.21. The number of carbonyl (C=O) groups excluding carboxylic acids is 1. The molecule has 0 radical (unpaired) electrons. The third-order valence-electron chi connectivity index (χ3n) is 4.97. The molecule has 1 aliphatic heterocycles. The van der Waals surface area contributed by atoms with Crippen molar-refractivity contribution in [1.82, 2.24) is 25.0 Å². The van der Waals surface area contributed by atoms with Crippen LogP contribution in [0.15, 0.2) is 22.7 Å². The highest BCUT2D eigenvalue weighted by atomic mass is 16.5. The average Bonchev–Trinajstić information content (AvgIpc) is 3.29. The van der Waals surface area contributed by atoms with Crippen LogP contribution < -0.4 is 10.2 Å². The van der Waals surface area contributed by atoms with Crippen molar-refractivity contribution in [2.75, 3.05) is 31.2 Å². The number of hydrogen-bond acceptors (Lipinski definition) is 7. The van der Waals surface area contributed by atoms with Crippen molar-refractivity contribution in [3.63, 3.8) is 0 Å². The molecule has 28 heavy (non-hydrogen) atoms. The monoisotopic (exact) mass is 384 g/mol. The number of nitrogens with one attached hydrogen (secondary N) is 1. The molecule has 2 aromatic heterocycles. The van der Waals surface area contributed by atoms with Gasteiger partial charge in [-0.1, -0.05) is 12.1 Å². The van der Waals surface area contributed by atoms with Gasteiger partial charge >= 0.3 is 0 Å². The number of anilines is 1. The van der Waals surface area contributed by atoms with Gasteiger partial charge in [-0.05, 0) is 31.5 Å². The molecule has 0 saturated carbocycles. The van der Waals surface area contributed by atoms with Gasteiger partial charge in [0.2, 0.25) is 11.8 Å². The molecule has 1 aromatic carbocycles. The van der Waals surface area contributed by atoms with Crippen LogP contribution in [-0.4, -0.2) is 51.9 Å². The topological polar surface area (TPSA) is 98.3 Å². The summed E-state index contributed by atoms with van der Waals surface area (Å²) >= 11 is 0. The molecule has 1 fully saturated rings. The lowest BCUT2D eigenvalue weighted by molar-refractivity contribution is 0.0927. The summed E-state index contributed by atoms with van der Waals surface area (Å²) in [6, 6.07) is 5.24. The number of aryl methyl sites for hydroxylation is 2. The number of benzene rings is 1. The molecule has 0 bridgehead atoms.